The first-order valence-corrected chi connectivity index (χ1v) is 12.5. The summed E-state index contributed by atoms with van der Waals surface area (Å²) in [4.78, 5) is 47.9. The number of carbonyl (C=O) groups is 2. The van der Waals surface area contributed by atoms with E-state index < -0.39 is 5.97 Å². The summed E-state index contributed by atoms with van der Waals surface area (Å²) in [6.07, 6.45) is 0. The minimum Gasteiger partial charge on any atom is -0.465 e. The van der Waals surface area contributed by atoms with Gasteiger partial charge in [-0.3, -0.25) is 14.3 Å². The van der Waals surface area contributed by atoms with Crippen LogP contribution < -0.4 is 15.9 Å². The number of likely N-dealkylation sites (N-methyl/N-ethyl adjacent to an activating group) is 2. The zero-order valence-electron chi connectivity index (χ0n) is 21.4. The number of methoxy groups -OCH3 is 1. The topological polar surface area (TPSA) is 100 Å². The summed E-state index contributed by atoms with van der Waals surface area (Å²) in [7, 11) is 5.23. The number of hydrogen-bond acceptors (Lipinski definition) is 8. The predicted molar refractivity (Wildman–Crippen MR) is 142 cm³/mol. The van der Waals surface area contributed by atoms with Gasteiger partial charge in [-0.1, -0.05) is 12.1 Å². The number of nitrogens with zero attached hydrogens (tertiary/aromatic N) is 5. The maximum atomic E-state index is 12.9. The van der Waals surface area contributed by atoms with E-state index in [4.69, 9.17) is 4.74 Å². The van der Waals surface area contributed by atoms with Crippen LogP contribution in [0, 0.1) is 0 Å². The summed E-state index contributed by atoms with van der Waals surface area (Å²) in [6.45, 7) is 5.32. The van der Waals surface area contributed by atoms with E-state index in [0.29, 0.717) is 36.5 Å². The first kappa shape index (κ1) is 24.9. The molecule has 1 N–H and O–H groups in total. The second-order valence-corrected chi connectivity index (χ2v) is 9.78. The first-order valence-electron chi connectivity index (χ1n) is 12.5. The molecule has 1 aromatic heterocycles. The molecule has 37 heavy (non-hydrogen) atoms. The molecule has 3 aromatic rings. The number of rotatable bonds is 5. The SMILES string of the molecule is COC(=O)c1ccc2c3n(c(=O)nc2c1)CC(c1ccc(N(C)C(=O)CN2CCN(C)CC2)cc1)CN3. The van der Waals surface area contributed by atoms with Gasteiger partial charge in [-0.2, -0.15) is 4.98 Å². The lowest BCUT2D eigenvalue weighted by Gasteiger charge is -2.33. The maximum absolute atomic E-state index is 12.9. The van der Waals surface area contributed by atoms with Crippen LogP contribution in [0.15, 0.2) is 47.3 Å². The van der Waals surface area contributed by atoms with Crippen molar-refractivity contribution in [3.05, 3.63) is 64.1 Å². The van der Waals surface area contributed by atoms with Gasteiger partial charge in [-0.25, -0.2) is 9.59 Å². The van der Waals surface area contributed by atoms with Crippen molar-refractivity contribution >= 4 is 34.3 Å². The summed E-state index contributed by atoms with van der Waals surface area (Å²) >= 11 is 0. The molecule has 0 bridgehead atoms. The zero-order chi connectivity index (χ0) is 26.1. The molecule has 2 aromatic carbocycles. The molecule has 10 nitrogen and oxygen atoms in total. The molecule has 3 heterocycles. The van der Waals surface area contributed by atoms with Crippen LogP contribution in [-0.2, 0) is 16.1 Å². The lowest BCUT2D eigenvalue weighted by atomic mass is 9.96. The van der Waals surface area contributed by atoms with E-state index in [-0.39, 0.29) is 17.5 Å². The van der Waals surface area contributed by atoms with Gasteiger partial charge in [0.1, 0.15) is 5.82 Å². The maximum Gasteiger partial charge on any atom is 0.349 e. The highest BCUT2D eigenvalue weighted by Gasteiger charge is 2.24. The highest BCUT2D eigenvalue weighted by molar-refractivity contribution is 5.97. The summed E-state index contributed by atoms with van der Waals surface area (Å²) in [5.74, 6) is 0.378. The quantitative estimate of drug-likeness (QED) is 0.523. The zero-order valence-corrected chi connectivity index (χ0v) is 21.4. The highest BCUT2D eigenvalue weighted by atomic mass is 16.5. The van der Waals surface area contributed by atoms with Crippen molar-refractivity contribution in [3.8, 4) is 0 Å². The summed E-state index contributed by atoms with van der Waals surface area (Å²) < 4.78 is 6.42. The molecule has 2 aliphatic rings. The lowest BCUT2D eigenvalue weighted by molar-refractivity contribution is -0.119. The molecule has 1 atom stereocenters. The van der Waals surface area contributed by atoms with Crippen LogP contribution >= 0.6 is 0 Å². The van der Waals surface area contributed by atoms with Gasteiger partial charge in [0.25, 0.3) is 0 Å². The second kappa shape index (κ2) is 10.3. The molecule has 1 unspecified atom stereocenters. The average molecular weight is 505 g/mol. The number of piperazine rings is 1. The Morgan fingerprint density at radius 2 is 1.84 bits per heavy atom. The van der Waals surface area contributed by atoms with Crippen LogP contribution in [0.5, 0.6) is 0 Å². The molecule has 0 spiro atoms. The third kappa shape index (κ3) is 5.07. The van der Waals surface area contributed by atoms with Crippen molar-refractivity contribution in [1.82, 2.24) is 19.4 Å². The van der Waals surface area contributed by atoms with E-state index in [0.717, 1.165) is 42.8 Å². The van der Waals surface area contributed by atoms with Crippen LogP contribution in [0.1, 0.15) is 21.8 Å². The molecule has 1 saturated heterocycles. The Hall–Kier alpha value is -3.76. The van der Waals surface area contributed by atoms with Gasteiger partial charge in [0, 0.05) is 63.3 Å². The standard InChI is InChI=1S/C27H32N6O4/c1-30-10-12-32(13-11-30)17-24(34)31(2)21-7-4-18(5-8-21)20-15-28-25-22-9-6-19(26(35)37-3)14-23(22)29-27(36)33(25)16-20/h4-9,14,20,28H,10-13,15-17H2,1-3H3. The fraction of sp³-hybridized carbons (Fsp3) is 0.407. The number of anilines is 2. The fourth-order valence-electron chi connectivity index (χ4n) is 4.98. The number of carbonyl (C=O) groups excluding carboxylic acids is 2. The molecule has 1 amide bonds. The molecule has 0 aliphatic carbocycles. The van der Waals surface area contributed by atoms with Crippen LogP contribution in [0.2, 0.25) is 0 Å². The Morgan fingerprint density at radius 3 is 2.54 bits per heavy atom. The average Bonchev–Trinajstić information content (AvgIpc) is 2.93. The minimum absolute atomic E-state index is 0.0687. The first-order chi connectivity index (χ1) is 17.8. The van der Waals surface area contributed by atoms with Crippen LogP contribution in [0.3, 0.4) is 0 Å². The minimum atomic E-state index is -0.468. The monoisotopic (exact) mass is 504 g/mol. The Balaban J connectivity index is 1.29. The number of nitrogens with one attached hydrogen (secondary N) is 1. The van der Waals surface area contributed by atoms with E-state index >= 15 is 0 Å². The van der Waals surface area contributed by atoms with Crippen molar-refractivity contribution in [1.29, 1.82) is 0 Å². The van der Waals surface area contributed by atoms with Crippen LogP contribution in [0.4, 0.5) is 11.5 Å². The van der Waals surface area contributed by atoms with Gasteiger partial charge in [0.05, 0.1) is 24.7 Å². The largest absolute Gasteiger partial charge is 0.465 e. The van der Waals surface area contributed by atoms with Gasteiger partial charge in [-0.15, -0.1) is 0 Å². The number of benzene rings is 2. The van der Waals surface area contributed by atoms with Crippen molar-refractivity contribution in [2.24, 2.45) is 0 Å². The molecular formula is C27H32N6O4. The number of ether oxygens (including phenoxy) is 1. The van der Waals surface area contributed by atoms with Gasteiger partial charge >= 0.3 is 11.7 Å². The Morgan fingerprint density at radius 1 is 1.11 bits per heavy atom. The van der Waals surface area contributed by atoms with Crippen molar-refractivity contribution < 1.29 is 14.3 Å². The molecule has 0 radical (unpaired) electrons. The summed E-state index contributed by atoms with van der Waals surface area (Å²) in [5.41, 5.74) is 2.37. The third-order valence-electron chi connectivity index (χ3n) is 7.39. The molecule has 194 valence electrons. The Kier molecular flexibility index (Phi) is 6.94. The molecular weight excluding hydrogens is 472 g/mol. The number of esters is 1. The van der Waals surface area contributed by atoms with Crippen LogP contribution in [0.25, 0.3) is 10.9 Å². The fourth-order valence-corrected chi connectivity index (χ4v) is 4.98. The number of aromatic nitrogens is 2. The summed E-state index contributed by atoms with van der Waals surface area (Å²) in [6, 6.07) is 13.0. The van der Waals surface area contributed by atoms with Gasteiger partial charge in [0.2, 0.25) is 5.91 Å². The van der Waals surface area contributed by atoms with E-state index in [2.05, 4.69) is 27.1 Å². The molecule has 5 rings (SSSR count). The third-order valence-corrected chi connectivity index (χ3v) is 7.39. The smallest absolute Gasteiger partial charge is 0.349 e. The van der Waals surface area contributed by atoms with Crippen molar-refractivity contribution in [3.63, 3.8) is 0 Å². The highest BCUT2D eigenvalue weighted by Crippen LogP contribution is 2.30. The molecule has 10 heteroatoms. The predicted octanol–water partition coefficient (Wildman–Crippen LogP) is 1.60. The van der Waals surface area contributed by atoms with Crippen LogP contribution in [-0.4, -0.2) is 91.7 Å². The Labute approximate surface area is 215 Å². The van der Waals surface area contributed by atoms with Crippen molar-refractivity contribution in [2.45, 2.75) is 12.5 Å². The molecule has 2 aliphatic heterocycles. The number of hydrogen-bond donors (Lipinski definition) is 1. The van der Waals surface area contributed by atoms with E-state index in [9.17, 15) is 14.4 Å². The van der Waals surface area contributed by atoms with E-state index in [1.807, 2.05) is 31.3 Å². The normalized spacial score (nSPS) is 18.2. The van der Waals surface area contributed by atoms with Crippen molar-refractivity contribution in [2.75, 3.05) is 70.7 Å². The van der Waals surface area contributed by atoms with E-state index in [1.165, 1.54) is 7.11 Å². The lowest BCUT2D eigenvalue weighted by Crippen LogP contribution is -2.48. The van der Waals surface area contributed by atoms with Gasteiger partial charge in [-0.05, 0) is 42.9 Å². The Bertz CT molecular complexity index is 1380. The number of amides is 1. The van der Waals surface area contributed by atoms with E-state index in [1.54, 1.807) is 27.7 Å². The second-order valence-electron chi connectivity index (χ2n) is 9.78. The van der Waals surface area contributed by atoms with Gasteiger partial charge < -0.3 is 19.9 Å². The molecule has 1 fully saturated rings. The summed E-state index contributed by atoms with van der Waals surface area (Å²) in [5, 5.41) is 4.17. The van der Waals surface area contributed by atoms with Gasteiger partial charge in [0.15, 0.2) is 0 Å². The molecule has 0 saturated carbocycles. The number of fused-ring (bicyclic) bond motifs is 3.